The minimum Gasteiger partial charge on any atom is -0.490 e. The second-order valence-corrected chi connectivity index (χ2v) is 8.91. The number of aryl methyl sites for hydroxylation is 1. The molecule has 0 saturated carbocycles. The molecule has 0 unspecified atom stereocenters. The molecule has 1 N–H and O–H groups in total. The van der Waals surface area contributed by atoms with E-state index in [0.717, 1.165) is 59.1 Å². The van der Waals surface area contributed by atoms with Gasteiger partial charge in [0.1, 0.15) is 6.61 Å². The van der Waals surface area contributed by atoms with Crippen LogP contribution in [0.15, 0.2) is 65.1 Å². The summed E-state index contributed by atoms with van der Waals surface area (Å²) < 4.78 is 18.4. The van der Waals surface area contributed by atoms with Crippen LogP contribution in [-0.2, 0) is 17.9 Å². The van der Waals surface area contributed by atoms with E-state index in [2.05, 4.69) is 81.6 Å². The van der Waals surface area contributed by atoms with Gasteiger partial charge in [-0.25, -0.2) is 0 Å². The van der Waals surface area contributed by atoms with Gasteiger partial charge in [0.15, 0.2) is 11.5 Å². The van der Waals surface area contributed by atoms with E-state index in [1.54, 1.807) is 0 Å². The summed E-state index contributed by atoms with van der Waals surface area (Å²) >= 11 is 3.69. The van der Waals surface area contributed by atoms with Crippen molar-refractivity contribution in [2.24, 2.45) is 0 Å². The van der Waals surface area contributed by atoms with E-state index in [0.29, 0.717) is 19.8 Å². The highest BCUT2D eigenvalue weighted by Gasteiger charge is 2.14. The number of ether oxygens (including phenoxy) is 3. The van der Waals surface area contributed by atoms with Crippen molar-refractivity contribution in [2.45, 2.75) is 27.0 Å². The van der Waals surface area contributed by atoms with Gasteiger partial charge in [0, 0.05) is 31.0 Å². The SMILES string of the molecule is CCOc1cc(CNc2ccc(N3CCOCC3)cc2)cc(Br)c1OCc1ccccc1C. The Morgan fingerprint density at radius 1 is 1.00 bits per heavy atom. The van der Waals surface area contributed by atoms with E-state index in [1.165, 1.54) is 11.3 Å². The average Bonchev–Trinajstić information content (AvgIpc) is 2.84. The van der Waals surface area contributed by atoms with Crippen LogP contribution in [0.2, 0.25) is 0 Å². The first-order valence-electron chi connectivity index (χ1n) is 11.4. The van der Waals surface area contributed by atoms with Gasteiger partial charge >= 0.3 is 0 Å². The number of halogens is 1. The maximum absolute atomic E-state index is 6.17. The molecule has 5 nitrogen and oxygen atoms in total. The monoisotopic (exact) mass is 510 g/mol. The Morgan fingerprint density at radius 3 is 2.48 bits per heavy atom. The summed E-state index contributed by atoms with van der Waals surface area (Å²) in [5.41, 5.74) is 5.82. The smallest absolute Gasteiger partial charge is 0.175 e. The molecule has 1 aliphatic rings. The van der Waals surface area contributed by atoms with Crippen LogP contribution in [0.3, 0.4) is 0 Å². The van der Waals surface area contributed by atoms with Crippen LogP contribution in [0.5, 0.6) is 11.5 Å². The molecule has 0 atom stereocenters. The van der Waals surface area contributed by atoms with Gasteiger partial charge in [-0.2, -0.15) is 0 Å². The molecule has 0 aliphatic carbocycles. The lowest BCUT2D eigenvalue weighted by Crippen LogP contribution is -2.36. The molecule has 3 aromatic carbocycles. The van der Waals surface area contributed by atoms with Crippen molar-refractivity contribution in [3.63, 3.8) is 0 Å². The molecule has 4 rings (SSSR count). The van der Waals surface area contributed by atoms with Gasteiger partial charge in [0.05, 0.1) is 24.3 Å². The maximum Gasteiger partial charge on any atom is 0.175 e. The van der Waals surface area contributed by atoms with Gasteiger partial charge < -0.3 is 24.4 Å². The van der Waals surface area contributed by atoms with Crippen molar-refractivity contribution < 1.29 is 14.2 Å². The summed E-state index contributed by atoms with van der Waals surface area (Å²) in [5, 5.41) is 3.51. The molecule has 1 fully saturated rings. The highest BCUT2D eigenvalue weighted by molar-refractivity contribution is 9.10. The third-order valence-electron chi connectivity index (χ3n) is 5.74. The minimum absolute atomic E-state index is 0.498. The van der Waals surface area contributed by atoms with E-state index in [-0.39, 0.29) is 0 Å². The molecule has 0 spiro atoms. The number of rotatable bonds is 9. The number of anilines is 2. The van der Waals surface area contributed by atoms with Gasteiger partial charge in [-0.05, 0) is 82.9 Å². The zero-order valence-electron chi connectivity index (χ0n) is 19.3. The predicted molar refractivity (Wildman–Crippen MR) is 138 cm³/mol. The van der Waals surface area contributed by atoms with Gasteiger partial charge in [0.25, 0.3) is 0 Å². The molecule has 6 heteroatoms. The van der Waals surface area contributed by atoms with Crippen LogP contribution in [0, 0.1) is 6.92 Å². The van der Waals surface area contributed by atoms with Crippen LogP contribution in [-0.4, -0.2) is 32.9 Å². The summed E-state index contributed by atoms with van der Waals surface area (Å²) in [5.74, 6) is 1.48. The van der Waals surface area contributed by atoms with Crippen molar-refractivity contribution in [1.82, 2.24) is 0 Å². The van der Waals surface area contributed by atoms with E-state index >= 15 is 0 Å². The fourth-order valence-corrected chi connectivity index (χ4v) is 4.47. The molecule has 0 aromatic heterocycles. The molecule has 0 bridgehead atoms. The molecule has 174 valence electrons. The summed E-state index contributed by atoms with van der Waals surface area (Å²) in [6, 6.07) is 21.0. The van der Waals surface area contributed by atoms with Crippen LogP contribution >= 0.6 is 15.9 Å². The fraction of sp³-hybridized carbons (Fsp3) is 0.333. The lowest BCUT2D eigenvalue weighted by molar-refractivity contribution is 0.122. The lowest BCUT2D eigenvalue weighted by atomic mass is 10.1. The molecule has 3 aromatic rings. The first kappa shape index (κ1) is 23.5. The largest absolute Gasteiger partial charge is 0.490 e. The van der Waals surface area contributed by atoms with Crippen LogP contribution in [0.25, 0.3) is 0 Å². The number of morpholine rings is 1. The minimum atomic E-state index is 0.498. The van der Waals surface area contributed by atoms with Crippen molar-refractivity contribution in [3.05, 3.63) is 81.8 Å². The van der Waals surface area contributed by atoms with Gasteiger partial charge in [-0.1, -0.05) is 24.3 Å². The number of nitrogens with zero attached hydrogens (tertiary/aromatic N) is 1. The van der Waals surface area contributed by atoms with Gasteiger partial charge in [0.2, 0.25) is 0 Å². The quantitative estimate of drug-likeness (QED) is 0.372. The Balaban J connectivity index is 1.42. The first-order valence-corrected chi connectivity index (χ1v) is 12.2. The molecule has 0 amide bonds. The van der Waals surface area contributed by atoms with Crippen LogP contribution in [0.1, 0.15) is 23.6 Å². The Hall–Kier alpha value is -2.70. The van der Waals surface area contributed by atoms with Crippen molar-refractivity contribution in [3.8, 4) is 11.5 Å². The molecule has 0 radical (unpaired) electrons. The van der Waals surface area contributed by atoms with Crippen molar-refractivity contribution >= 4 is 27.3 Å². The normalized spacial score (nSPS) is 13.6. The Labute approximate surface area is 204 Å². The Kier molecular flexibility index (Phi) is 8.13. The van der Waals surface area contributed by atoms with E-state index < -0.39 is 0 Å². The Morgan fingerprint density at radius 2 is 1.76 bits per heavy atom. The van der Waals surface area contributed by atoms with Gasteiger partial charge in [-0.3, -0.25) is 0 Å². The highest BCUT2D eigenvalue weighted by Crippen LogP contribution is 2.38. The van der Waals surface area contributed by atoms with Crippen LogP contribution < -0.4 is 19.7 Å². The number of nitrogens with one attached hydrogen (secondary N) is 1. The third-order valence-corrected chi connectivity index (χ3v) is 6.33. The second kappa shape index (κ2) is 11.4. The molecule has 1 aliphatic heterocycles. The first-order chi connectivity index (χ1) is 16.1. The molecule has 1 heterocycles. The third kappa shape index (κ3) is 6.21. The summed E-state index contributed by atoms with van der Waals surface area (Å²) in [6.45, 7) is 9.32. The zero-order chi connectivity index (χ0) is 23.0. The van der Waals surface area contributed by atoms with Crippen molar-refractivity contribution in [1.29, 1.82) is 0 Å². The van der Waals surface area contributed by atoms with E-state index in [4.69, 9.17) is 14.2 Å². The molecular formula is C27H31BrN2O3. The summed E-state index contributed by atoms with van der Waals surface area (Å²) in [4.78, 5) is 2.36. The number of hydrogen-bond donors (Lipinski definition) is 1. The molecule has 33 heavy (non-hydrogen) atoms. The number of hydrogen-bond acceptors (Lipinski definition) is 5. The molecular weight excluding hydrogens is 480 g/mol. The highest BCUT2D eigenvalue weighted by atomic mass is 79.9. The summed E-state index contributed by atoms with van der Waals surface area (Å²) in [6.07, 6.45) is 0. The zero-order valence-corrected chi connectivity index (χ0v) is 20.9. The van der Waals surface area contributed by atoms with E-state index in [1.807, 2.05) is 19.1 Å². The van der Waals surface area contributed by atoms with Crippen LogP contribution in [0.4, 0.5) is 11.4 Å². The lowest BCUT2D eigenvalue weighted by Gasteiger charge is -2.29. The Bertz CT molecular complexity index is 1050. The predicted octanol–water partition coefficient (Wildman–Crippen LogP) is 6.18. The van der Waals surface area contributed by atoms with E-state index in [9.17, 15) is 0 Å². The maximum atomic E-state index is 6.17. The fourth-order valence-electron chi connectivity index (χ4n) is 3.86. The standard InChI is InChI=1S/C27H31BrN2O3/c1-3-32-26-17-21(16-25(28)27(26)33-19-22-7-5-4-6-20(22)2)18-29-23-8-10-24(11-9-23)30-12-14-31-15-13-30/h4-11,16-17,29H,3,12-15,18-19H2,1-2H3. The summed E-state index contributed by atoms with van der Waals surface area (Å²) in [7, 11) is 0. The van der Waals surface area contributed by atoms with Crippen molar-refractivity contribution in [2.75, 3.05) is 43.1 Å². The number of benzene rings is 3. The van der Waals surface area contributed by atoms with Gasteiger partial charge in [-0.15, -0.1) is 0 Å². The topological polar surface area (TPSA) is 43.0 Å². The second-order valence-electron chi connectivity index (χ2n) is 8.05. The molecule has 1 saturated heterocycles. The average molecular weight is 511 g/mol.